The van der Waals surface area contributed by atoms with Crippen molar-refractivity contribution in [3.8, 4) is 0 Å². The Morgan fingerprint density at radius 2 is 1.74 bits per heavy atom. The largest absolute Gasteiger partial charge is 0.463 e. The Kier molecular flexibility index (Phi) is 8.12. The Hall–Kier alpha value is -1.83. The van der Waals surface area contributed by atoms with Gasteiger partial charge in [0.15, 0.2) is 0 Å². The van der Waals surface area contributed by atoms with Crippen molar-refractivity contribution in [3.05, 3.63) is 60.2 Å². The third-order valence-electron chi connectivity index (χ3n) is 2.65. The lowest BCUT2D eigenvalue weighted by atomic mass is 10.1. The van der Waals surface area contributed by atoms with Crippen LogP contribution in [0.4, 0.5) is 0 Å². The van der Waals surface area contributed by atoms with Crippen LogP contribution >= 0.6 is 0 Å². The quantitative estimate of drug-likeness (QED) is 0.304. The summed E-state index contributed by atoms with van der Waals surface area (Å²) >= 11 is 0. The van der Waals surface area contributed by atoms with Gasteiger partial charge in [0.1, 0.15) is 0 Å². The molecule has 2 heteroatoms. The van der Waals surface area contributed by atoms with Crippen molar-refractivity contribution in [2.45, 2.75) is 32.6 Å². The van der Waals surface area contributed by atoms with E-state index in [0.717, 1.165) is 25.7 Å². The highest BCUT2D eigenvalue weighted by atomic mass is 16.5. The molecule has 1 aromatic carbocycles. The van der Waals surface area contributed by atoms with Gasteiger partial charge < -0.3 is 4.74 Å². The number of carbonyl (C=O) groups is 1. The number of benzene rings is 1. The average molecular weight is 258 g/mol. The van der Waals surface area contributed by atoms with Crippen LogP contribution in [-0.4, -0.2) is 12.6 Å². The first-order valence-corrected chi connectivity index (χ1v) is 6.85. The minimum Gasteiger partial charge on any atom is -0.463 e. The van der Waals surface area contributed by atoms with Crippen LogP contribution in [0.5, 0.6) is 0 Å². The number of ether oxygens (including phenoxy) is 1. The zero-order valence-electron chi connectivity index (χ0n) is 11.5. The van der Waals surface area contributed by atoms with Gasteiger partial charge in [-0.15, -0.1) is 0 Å². The lowest BCUT2D eigenvalue weighted by molar-refractivity contribution is -0.137. The second kappa shape index (κ2) is 10.1. The zero-order chi connectivity index (χ0) is 13.8. The van der Waals surface area contributed by atoms with Crippen molar-refractivity contribution in [1.82, 2.24) is 0 Å². The van der Waals surface area contributed by atoms with Crippen LogP contribution in [-0.2, 0) is 16.0 Å². The molecule has 0 heterocycles. The van der Waals surface area contributed by atoms with Gasteiger partial charge >= 0.3 is 5.97 Å². The number of hydrogen-bond acceptors (Lipinski definition) is 2. The van der Waals surface area contributed by atoms with Crippen molar-refractivity contribution in [3.63, 3.8) is 0 Å². The van der Waals surface area contributed by atoms with Crippen molar-refractivity contribution in [1.29, 1.82) is 0 Å². The Balaban J connectivity index is 2.06. The van der Waals surface area contributed by atoms with E-state index in [1.54, 1.807) is 6.92 Å². The van der Waals surface area contributed by atoms with Crippen molar-refractivity contribution in [2.24, 2.45) is 0 Å². The fourth-order valence-electron chi connectivity index (χ4n) is 1.69. The molecule has 102 valence electrons. The normalized spacial score (nSPS) is 11.2. The van der Waals surface area contributed by atoms with Crippen LogP contribution in [0.3, 0.4) is 0 Å². The highest BCUT2D eigenvalue weighted by Crippen LogP contribution is 2.03. The summed E-state index contributed by atoms with van der Waals surface area (Å²) in [5.41, 5.74) is 1.37. The van der Waals surface area contributed by atoms with Crippen molar-refractivity contribution in [2.75, 3.05) is 6.61 Å². The summed E-state index contributed by atoms with van der Waals surface area (Å²) < 4.78 is 4.79. The Bertz CT molecular complexity index is 405. The van der Waals surface area contributed by atoms with E-state index >= 15 is 0 Å². The van der Waals surface area contributed by atoms with E-state index in [1.165, 1.54) is 11.6 Å². The lowest BCUT2D eigenvalue weighted by Gasteiger charge is -1.96. The smallest absolute Gasteiger partial charge is 0.330 e. The summed E-state index contributed by atoms with van der Waals surface area (Å²) in [7, 11) is 0. The van der Waals surface area contributed by atoms with Crippen LogP contribution in [0.2, 0.25) is 0 Å². The highest BCUT2D eigenvalue weighted by molar-refractivity contribution is 5.81. The second-order valence-electron chi connectivity index (χ2n) is 4.23. The Morgan fingerprint density at radius 3 is 2.47 bits per heavy atom. The SMILES string of the molecule is CCOC(=O)/C=C/CCC=CCCc1ccccc1. The number of rotatable bonds is 8. The Labute approximate surface area is 115 Å². The van der Waals surface area contributed by atoms with Gasteiger partial charge in [0.05, 0.1) is 6.61 Å². The first kappa shape index (κ1) is 15.2. The summed E-state index contributed by atoms with van der Waals surface area (Å²) in [6.45, 7) is 2.24. The van der Waals surface area contributed by atoms with Gasteiger partial charge in [-0.25, -0.2) is 4.79 Å². The summed E-state index contributed by atoms with van der Waals surface area (Å²) in [5, 5.41) is 0. The van der Waals surface area contributed by atoms with E-state index in [0.29, 0.717) is 6.61 Å². The molecule has 0 fully saturated rings. The minimum atomic E-state index is -0.254. The van der Waals surface area contributed by atoms with Crippen LogP contribution < -0.4 is 0 Å². The monoisotopic (exact) mass is 258 g/mol. The fraction of sp³-hybridized carbons (Fsp3) is 0.353. The number of hydrogen-bond donors (Lipinski definition) is 0. The van der Waals surface area contributed by atoms with Crippen molar-refractivity contribution < 1.29 is 9.53 Å². The molecule has 0 N–H and O–H groups in total. The average Bonchev–Trinajstić information content (AvgIpc) is 2.43. The highest BCUT2D eigenvalue weighted by Gasteiger charge is 1.91. The molecule has 0 atom stereocenters. The number of aryl methyl sites for hydroxylation is 1. The number of esters is 1. The van der Waals surface area contributed by atoms with Crippen LogP contribution in [0.1, 0.15) is 31.7 Å². The van der Waals surface area contributed by atoms with Crippen LogP contribution in [0.15, 0.2) is 54.6 Å². The van der Waals surface area contributed by atoms with Gasteiger partial charge in [-0.2, -0.15) is 0 Å². The molecule has 0 aliphatic heterocycles. The van der Waals surface area contributed by atoms with Crippen LogP contribution in [0.25, 0.3) is 0 Å². The molecular weight excluding hydrogens is 236 g/mol. The molecule has 0 amide bonds. The summed E-state index contributed by atoms with van der Waals surface area (Å²) in [6.07, 6.45) is 11.7. The van der Waals surface area contributed by atoms with E-state index in [-0.39, 0.29) is 5.97 Å². The first-order valence-electron chi connectivity index (χ1n) is 6.85. The molecule has 0 spiro atoms. The third-order valence-corrected chi connectivity index (χ3v) is 2.65. The molecule has 1 rings (SSSR count). The topological polar surface area (TPSA) is 26.3 Å². The van der Waals surface area contributed by atoms with Gasteiger partial charge in [-0.3, -0.25) is 0 Å². The van der Waals surface area contributed by atoms with Gasteiger partial charge in [0.2, 0.25) is 0 Å². The zero-order valence-corrected chi connectivity index (χ0v) is 11.5. The number of allylic oxidation sites excluding steroid dienone is 3. The predicted molar refractivity (Wildman–Crippen MR) is 78.9 cm³/mol. The molecule has 0 bridgehead atoms. The molecule has 0 aliphatic carbocycles. The Morgan fingerprint density at radius 1 is 1.05 bits per heavy atom. The molecule has 0 aromatic heterocycles. The van der Waals surface area contributed by atoms with E-state index in [4.69, 9.17) is 4.74 Å². The fourth-order valence-corrected chi connectivity index (χ4v) is 1.69. The van der Waals surface area contributed by atoms with Gasteiger partial charge in [-0.05, 0) is 38.2 Å². The molecule has 0 unspecified atom stereocenters. The number of carbonyl (C=O) groups excluding carboxylic acids is 1. The molecule has 1 aromatic rings. The first-order chi connectivity index (χ1) is 9.33. The molecule has 0 saturated carbocycles. The summed E-state index contributed by atoms with van der Waals surface area (Å²) in [6, 6.07) is 10.5. The van der Waals surface area contributed by atoms with E-state index < -0.39 is 0 Å². The van der Waals surface area contributed by atoms with Gasteiger partial charge in [0, 0.05) is 6.08 Å². The lowest BCUT2D eigenvalue weighted by Crippen LogP contribution is -1.98. The third kappa shape index (κ3) is 7.98. The maximum Gasteiger partial charge on any atom is 0.330 e. The molecule has 0 aliphatic rings. The van der Waals surface area contributed by atoms with Crippen molar-refractivity contribution >= 4 is 5.97 Å². The van der Waals surface area contributed by atoms with Gasteiger partial charge in [0.25, 0.3) is 0 Å². The molecular formula is C17H22O2. The molecule has 0 saturated heterocycles. The molecule has 0 radical (unpaired) electrons. The number of unbranched alkanes of at least 4 members (excludes halogenated alkanes) is 1. The molecule has 19 heavy (non-hydrogen) atoms. The summed E-state index contributed by atoms with van der Waals surface area (Å²) in [5.74, 6) is -0.254. The molecule has 2 nitrogen and oxygen atoms in total. The maximum atomic E-state index is 11.0. The maximum absolute atomic E-state index is 11.0. The van der Waals surface area contributed by atoms with E-state index in [9.17, 15) is 4.79 Å². The van der Waals surface area contributed by atoms with Crippen LogP contribution in [0, 0.1) is 0 Å². The second-order valence-corrected chi connectivity index (χ2v) is 4.23. The van der Waals surface area contributed by atoms with E-state index in [2.05, 4.69) is 36.4 Å². The van der Waals surface area contributed by atoms with E-state index in [1.807, 2.05) is 12.1 Å². The summed E-state index contributed by atoms with van der Waals surface area (Å²) in [4.78, 5) is 11.0. The van der Waals surface area contributed by atoms with Gasteiger partial charge in [-0.1, -0.05) is 48.6 Å². The minimum absolute atomic E-state index is 0.254. The predicted octanol–water partition coefficient (Wildman–Crippen LogP) is 4.07. The standard InChI is InChI=1S/C17H22O2/c1-2-19-17(18)15-11-6-4-3-5-8-12-16-13-9-7-10-14-16/h3,5,7,9-11,13-15H,2,4,6,8,12H2,1H3/b5-3?,15-11+.